The maximum atomic E-state index is 5.35. The van der Waals surface area contributed by atoms with Crippen LogP contribution in [0.4, 0.5) is 0 Å². The highest BCUT2D eigenvalue weighted by Gasteiger charge is 2.08. The van der Waals surface area contributed by atoms with Gasteiger partial charge in [-0.2, -0.15) is 4.98 Å². The zero-order chi connectivity index (χ0) is 12.5. The van der Waals surface area contributed by atoms with Crippen LogP contribution in [0, 0.1) is 11.7 Å². The van der Waals surface area contributed by atoms with Gasteiger partial charge in [0, 0.05) is 13.0 Å². The van der Waals surface area contributed by atoms with Gasteiger partial charge in [0.2, 0.25) is 5.89 Å². The van der Waals surface area contributed by atoms with Crippen molar-refractivity contribution in [2.45, 2.75) is 19.9 Å². The predicted octanol–water partition coefficient (Wildman–Crippen LogP) is 2.63. The minimum atomic E-state index is 0.625. The Kier molecular flexibility index (Phi) is 2.71. The smallest absolute Gasteiger partial charge is 0.228 e. The van der Waals surface area contributed by atoms with Gasteiger partial charge in [0.25, 0.3) is 0 Å². The summed E-state index contributed by atoms with van der Waals surface area (Å²) in [4.78, 5) is 7.22. The van der Waals surface area contributed by atoms with Crippen LogP contribution in [-0.2, 0) is 13.0 Å². The molecule has 1 aromatic carbocycles. The van der Waals surface area contributed by atoms with Gasteiger partial charge in [0.1, 0.15) is 0 Å². The van der Waals surface area contributed by atoms with Crippen LogP contribution < -0.4 is 0 Å². The molecule has 0 spiro atoms. The van der Waals surface area contributed by atoms with Crippen LogP contribution in [0.25, 0.3) is 11.0 Å². The number of rotatable bonds is 3. The Bertz CT molecular complexity index is 726. The average Bonchev–Trinajstić information content (AvgIpc) is 2.94. The van der Waals surface area contributed by atoms with Crippen molar-refractivity contribution in [2.24, 2.45) is 0 Å². The number of aromatic nitrogens is 4. The Morgan fingerprint density at radius 1 is 1.44 bits per heavy atom. The van der Waals surface area contributed by atoms with Crippen LogP contribution in [0.1, 0.15) is 11.5 Å². The van der Waals surface area contributed by atoms with Gasteiger partial charge in [-0.1, -0.05) is 17.3 Å². The number of imidazole rings is 1. The molecule has 0 amide bonds. The number of nitrogens with one attached hydrogen (secondary N) is 1. The van der Waals surface area contributed by atoms with E-state index in [9.17, 15) is 0 Å². The molecule has 0 radical (unpaired) electrons. The van der Waals surface area contributed by atoms with Gasteiger partial charge in [-0.3, -0.25) is 0 Å². The topological polar surface area (TPSA) is 59.6 Å². The first kappa shape index (κ1) is 11.2. The number of hydrogen-bond acceptors (Lipinski definition) is 4. The van der Waals surface area contributed by atoms with E-state index >= 15 is 0 Å². The van der Waals surface area contributed by atoms with Crippen LogP contribution in [0.3, 0.4) is 0 Å². The molecule has 5 nitrogen and oxygen atoms in total. The molecule has 0 saturated carbocycles. The summed E-state index contributed by atoms with van der Waals surface area (Å²) in [5.41, 5.74) is 3.40. The van der Waals surface area contributed by atoms with Gasteiger partial charge in [0.05, 0.1) is 11.0 Å². The van der Waals surface area contributed by atoms with Crippen molar-refractivity contribution in [1.29, 1.82) is 0 Å². The van der Waals surface area contributed by atoms with E-state index in [4.69, 9.17) is 16.7 Å². The summed E-state index contributed by atoms with van der Waals surface area (Å²) >= 11 is 5.35. The van der Waals surface area contributed by atoms with E-state index in [1.807, 2.05) is 12.1 Å². The zero-order valence-electron chi connectivity index (χ0n) is 9.88. The van der Waals surface area contributed by atoms with Gasteiger partial charge in [-0.15, -0.1) is 0 Å². The fraction of sp³-hybridized carbons (Fsp3) is 0.250. The third-order valence-corrected chi connectivity index (χ3v) is 3.27. The minimum Gasteiger partial charge on any atom is -0.340 e. The summed E-state index contributed by atoms with van der Waals surface area (Å²) in [6.07, 6.45) is 2.09. The Hall–Kier alpha value is -1.95. The van der Waals surface area contributed by atoms with Crippen LogP contribution in [0.5, 0.6) is 0 Å². The number of benzene rings is 1. The lowest BCUT2D eigenvalue weighted by molar-refractivity contribution is 0.371. The highest BCUT2D eigenvalue weighted by atomic mass is 32.1. The van der Waals surface area contributed by atoms with Gasteiger partial charge in [-0.05, 0) is 30.8 Å². The van der Waals surface area contributed by atoms with Crippen LogP contribution in [-0.4, -0.2) is 19.7 Å². The number of fused-ring (bicyclic) bond motifs is 1. The lowest BCUT2D eigenvalue weighted by atomic mass is 10.2. The van der Waals surface area contributed by atoms with Gasteiger partial charge in [-0.25, -0.2) is 0 Å². The molecule has 1 N–H and O–H groups in total. The first-order chi connectivity index (χ1) is 8.75. The predicted molar refractivity (Wildman–Crippen MR) is 69.9 cm³/mol. The summed E-state index contributed by atoms with van der Waals surface area (Å²) in [6.45, 7) is 2.81. The van der Waals surface area contributed by atoms with Crippen LogP contribution in [0.2, 0.25) is 0 Å². The molecule has 3 aromatic rings. The third-order valence-electron chi connectivity index (χ3n) is 2.95. The van der Waals surface area contributed by atoms with E-state index in [1.165, 1.54) is 11.9 Å². The van der Waals surface area contributed by atoms with Crippen molar-refractivity contribution in [3.8, 4) is 0 Å². The first-order valence-electron chi connectivity index (χ1n) is 5.69. The summed E-state index contributed by atoms with van der Waals surface area (Å²) in [6, 6.07) is 6.13. The van der Waals surface area contributed by atoms with E-state index in [-0.39, 0.29) is 0 Å². The van der Waals surface area contributed by atoms with Crippen LogP contribution >= 0.6 is 12.2 Å². The molecule has 0 bridgehead atoms. The quantitative estimate of drug-likeness (QED) is 0.735. The third kappa shape index (κ3) is 1.84. The van der Waals surface area contributed by atoms with Crippen molar-refractivity contribution < 1.29 is 4.52 Å². The molecule has 0 aliphatic heterocycles. The number of nitrogens with zero attached hydrogens (tertiary/aromatic N) is 3. The number of H-pyrrole nitrogens is 1. The molecule has 92 valence electrons. The lowest BCUT2D eigenvalue weighted by Crippen LogP contribution is -2.02. The maximum Gasteiger partial charge on any atom is 0.228 e. The monoisotopic (exact) mass is 260 g/mol. The number of hydrogen-bond donors (Lipinski definition) is 1. The summed E-state index contributed by atoms with van der Waals surface area (Å²) in [5, 5.41) is 3.60. The van der Waals surface area contributed by atoms with Gasteiger partial charge >= 0.3 is 0 Å². The number of aromatic amines is 1. The van der Waals surface area contributed by atoms with E-state index in [2.05, 4.69) is 32.7 Å². The van der Waals surface area contributed by atoms with Crippen molar-refractivity contribution in [1.82, 2.24) is 19.7 Å². The van der Waals surface area contributed by atoms with Crippen molar-refractivity contribution in [3.63, 3.8) is 0 Å². The largest absolute Gasteiger partial charge is 0.340 e. The normalized spacial score (nSPS) is 11.2. The van der Waals surface area contributed by atoms with Crippen LogP contribution in [0.15, 0.2) is 29.0 Å². The highest BCUT2D eigenvalue weighted by Crippen LogP contribution is 2.18. The molecule has 2 heterocycles. The summed E-state index contributed by atoms with van der Waals surface area (Å²) in [5.74, 6) is 0.625. The molecule has 0 unspecified atom stereocenters. The summed E-state index contributed by atoms with van der Waals surface area (Å²) in [7, 11) is 0. The number of aryl methyl sites for hydroxylation is 3. The second-order valence-corrected chi connectivity index (χ2v) is 4.52. The molecule has 2 aromatic heterocycles. The molecule has 0 aliphatic carbocycles. The average molecular weight is 260 g/mol. The zero-order valence-corrected chi connectivity index (χ0v) is 10.7. The Labute approximate surface area is 108 Å². The van der Waals surface area contributed by atoms with Crippen molar-refractivity contribution in [3.05, 3.63) is 40.8 Å². The van der Waals surface area contributed by atoms with E-state index in [0.29, 0.717) is 12.3 Å². The molecule has 18 heavy (non-hydrogen) atoms. The Morgan fingerprint density at radius 2 is 2.33 bits per heavy atom. The highest BCUT2D eigenvalue weighted by molar-refractivity contribution is 7.71. The molecule has 0 fully saturated rings. The first-order valence-corrected chi connectivity index (χ1v) is 6.10. The van der Waals surface area contributed by atoms with Crippen molar-refractivity contribution >= 4 is 23.3 Å². The standard InChI is InChI=1S/C12H12N4OS/c1-8-3-2-4-9-11(8)16(12(18)15-9)6-5-10-13-7-14-17-10/h2-4,7H,5-6H2,1H3,(H,15,18). The fourth-order valence-corrected chi connectivity index (χ4v) is 2.42. The molecule has 0 atom stereocenters. The Morgan fingerprint density at radius 3 is 3.11 bits per heavy atom. The van der Waals surface area contributed by atoms with E-state index < -0.39 is 0 Å². The Balaban J connectivity index is 2.01. The fourth-order valence-electron chi connectivity index (χ4n) is 2.13. The maximum absolute atomic E-state index is 5.35. The van der Waals surface area contributed by atoms with Crippen molar-refractivity contribution in [2.75, 3.05) is 0 Å². The number of para-hydroxylation sites is 1. The van der Waals surface area contributed by atoms with Gasteiger partial charge in [0.15, 0.2) is 11.1 Å². The SMILES string of the molecule is Cc1cccc2[nH]c(=S)n(CCc3ncno3)c12. The molecule has 3 rings (SSSR count). The summed E-state index contributed by atoms with van der Waals surface area (Å²) < 4.78 is 7.79. The molecular formula is C12H12N4OS. The molecular weight excluding hydrogens is 248 g/mol. The molecule has 0 saturated heterocycles. The molecule has 0 aliphatic rings. The minimum absolute atomic E-state index is 0.625. The van der Waals surface area contributed by atoms with E-state index in [0.717, 1.165) is 22.3 Å². The van der Waals surface area contributed by atoms with E-state index in [1.54, 1.807) is 0 Å². The molecule has 6 heteroatoms. The van der Waals surface area contributed by atoms with Gasteiger partial charge < -0.3 is 14.1 Å². The second kappa shape index (κ2) is 4.38. The second-order valence-electron chi connectivity index (χ2n) is 4.14. The lowest BCUT2D eigenvalue weighted by Gasteiger charge is -2.04.